The molecule has 0 atom stereocenters. The molecule has 0 bridgehead atoms. The molecule has 1 N–H and O–H groups in total. The van der Waals surface area contributed by atoms with Crippen LogP contribution in [0.25, 0.3) is 0 Å². The monoisotopic (exact) mass is 193 g/mol. The average molecular weight is 193 g/mol. The summed E-state index contributed by atoms with van der Waals surface area (Å²) in [5.41, 5.74) is 3.62. The molecule has 0 aliphatic heterocycles. The van der Waals surface area contributed by atoms with Gasteiger partial charge in [0, 0.05) is 0 Å². The lowest BCUT2D eigenvalue weighted by atomic mass is 10.0. The van der Waals surface area contributed by atoms with E-state index in [2.05, 4.69) is 5.16 Å². The lowest BCUT2D eigenvalue weighted by Gasteiger charge is -2.10. The van der Waals surface area contributed by atoms with Gasteiger partial charge in [-0.1, -0.05) is 5.16 Å². The van der Waals surface area contributed by atoms with Gasteiger partial charge >= 0.3 is 0 Å². The molecule has 3 nitrogen and oxygen atoms in total. The first-order valence-corrected chi connectivity index (χ1v) is 4.44. The fourth-order valence-electron chi connectivity index (χ4n) is 1.54. The molecular weight excluding hydrogens is 178 g/mol. The van der Waals surface area contributed by atoms with E-state index >= 15 is 0 Å². The van der Waals surface area contributed by atoms with Crippen LogP contribution in [-0.4, -0.2) is 18.0 Å². The zero-order chi connectivity index (χ0) is 10.7. The summed E-state index contributed by atoms with van der Waals surface area (Å²) in [6.07, 6.45) is 0. The van der Waals surface area contributed by atoms with E-state index in [1.165, 1.54) is 0 Å². The van der Waals surface area contributed by atoms with Gasteiger partial charge in [-0.2, -0.15) is 0 Å². The first-order chi connectivity index (χ1) is 6.60. The first-order valence-electron chi connectivity index (χ1n) is 4.44. The van der Waals surface area contributed by atoms with E-state index < -0.39 is 0 Å². The molecular formula is C11H15NO2. The Hall–Kier alpha value is -1.51. The molecule has 0 aliphatic carbocycles. The molecule has 0 aliphatic rings. The smallest absolute Gasteiger partial charge is 0.124 e. The Labute approximate surface area is 84.0 Å². The van der Waals surface area contributed by atoms with E-state index in [1.54, 1.807) is 14.0 Å². The fourth-order valence-corrected chi connectivity index (χ4v) is 1.54. The molecule has 1 aromatic carbocycles. The first kappa shape index (κ1) is 10.6. The van der Waals surface area contributed by atoms with Gasteiger partial charge in [0.25, 0.3) is 0 Å². The summed E-state index contributed by atoms with van der Waals surface area (Å²) >= 11 is 0. The third kappa shape index (κ3) is 1.87. The summed E-state index contributed by atoms with van der Waals surface area (Å²) in [6.45, 7) is 5.71. The number of aryl methyl sites for hydroxylation is 2. The molecule has 0 unspecified atom stereocenters. The highest BCUT2D eigenvalue weighted by Crippen LogP contribution is 2.24. The van der Waals surface area contributed by atoms with Crippen LogP contribution in [-0.2, 0) is 0 Å². The molecule has 1 aromatic rings. The Kier molecular flexibility index (Phi) is 3.12. The highest BCUT2D eigenvalue weighted by molar-refractivity contribution is 5.98. The predicted octanol–water partition coefficient (Wildman–Crippen LogP) is 2.51. The van der Waals surface area contributed by atoms with Gasteiger partial charge in [-0.05, 0) is 49.6 Å². The number of hydrogen-bond acceptors (Lipinski definition) is 3. The number of methoxy groups -OCH3 is 1. The number of rotatable bonds is 2. The highest BCUT2D eigenvalue weighted by atomic mass is 16.5. The van der Waals surface area contributed by atoms with Crippen molar-refractivity contribution >= 4 is 5.71 Å². The summed E-state index contributed by atoms with van der Waals surface area (Å²) in [4.78, 5) is 0. The van der Waals surface area contributed by atoms with Crippen molar-refractivity contribution < 1.29 is 9.94 Å². The van der Waals surface area contributed by atoms with Crippen LogP contribution >= 0.6 is 0 Å². The van der Waals surface area contributed by atoms with Gasteiger partial charge in [0.2, 0.25) is 0 Å². The molecule has 0 aromatic heterocycles. The second-order valence-corrected chi connectivity index (χ2v) is 3.33. The van der Waals surface area contributed by atoms with Crippen LogP contribution in [0.3, 0.4) is 0 Å². The Balaban J connectivity index is 3.27. The molecule has 14 heavy (non-hydrogen) atoms. The molecule has 0 heterocycles. The third-order valence-corrected chi connectivity index (χ3v) is 2.23. The largest absolute Gasteiger partial charge is 0.496 e. The van der Waals surface area contributed by atoms with Crippen LogP contribution in [0, 0.1) is 13.8 Å². The Morgan fingerprint density at radius 2 is 1.79 bits per heavy atom. The van der Waals surface area contributed by atoms with Gasteiger partial charge in [-0.3, -0.25) is 0 Å². The minimum absolute atomic E-state index is 0.610. The Morgan fingerprint density at radius 3 is 2.14 bits per heavy atom. The van der Waals surface area contributed by atoms with Crippen LogP contribution in [0.15, 0.2) is 17.3 Å². The predicted molar refractivity (Wildman–Crippen MR) is 56.5 cm³/mol. The van der Waals surface area contributed by atoms with Crippen LogP contribution in [0.5, 0.6) is 5.75 Å². The maximum absolute atomic E-state index is 8.65. The van der Waals surface area contributed by atoms with Crippen LogP contribution in [0.1, 0.15) is 23.6 Å². The van der Waals surface area contributed by atoms with Gasteiger partial charge in [0.15, 0.2) is 0 Å². The number of ether oxygens (including phenoxy) is 1. The van der Waals surface area contributed by atoms with Crippen molar-refractivity contribution in [3.8, 4) is 5.75 Å². The average Bonchev–Trinajstić information content (AvgIpc) is 2.16. The van der Waals surface area contributed by atoms with Gasteiger partial charge in [0.05, 0.1) is 12.8 Å². The van der Waals surface area contributed by atoms with E-state index in [0.717, 1.165) is 22.4 Å². The number of benzene rings is 1. The second kappa shape index (κ2) is 4.13. The van der Waals surface area contributed by atoms with Crippen molar-refractivity contribution in [3.05, 3.63) is 28.8 Å². The summed E-state index contributed by atoms with van der Waals surface area (Å²) in [7, 11) is 1.65. The molecule has 1 rings (SSSR count). The van der Waals surface area contributed by atoms with Crippen LogP contribution in [0.2, 0.25) is 0 Å². The summed E-state index contributed by atoms with van der Waals surface area (Å²) in [5.74, 6) is 0.888. The zero-order valence-corrected chi connectivity index (χ0v) is 8.96. The zero-order valence-electron chi connectivity index (χ0n) is 8.96. The van der Waals surface area contributed by atoms with Crippen molar-refractivity contribution in [3.63, 3.8) is 0 Å². The lowest BCUT2D eigenvalue weighted by Crippen LogP contribution is -1.99. The summed E-state index contributed by atoms with van der Waals surface area (Å²) < 4.78 is 5.24. The maximum atomic E-state index is 8.65. The quantitative estimate of drug-likeness (QED) is 0.445. The molecule has 0 spiro atoms. The second-order valence-electron chi connectivity index (χ2n) is 3.33. The summed E-state index contributed by atoms with van der Waals surface area (Å²) in [6, 6.07) is 3.89. The summed E-state index contributed by atoms with van der Waals surface area (Å²) in [5, 5.41) is 11.8. The minimum atomic E-state index is 0.610. The minimum Gasteiger partial charge on any atom is -0.496 e. The topological polar surface area (TPSA) is 41.8 Å². The van der Waals surface area contributed by atoms with Crippen molar-refractivity contribution in [2.24, 2.45) is 5.16 Å². The fraction of sp³-hybridized carbons (Fsp3) is 0.364. The molecule has 76 valence electrons. The van der Waals surface area contributed by atoms with Crippen LogP contribution in [0.4, 0.5) is 0 Å². The van der Waals surface area contributed by atoms with E-state index in [-0.39, 0.29) is 0 Å². The number of hydrogen-bond donors (Lipinski definition) is 1. The van der Waals surface area contributed by atoms with Crippen molar-refractivity contribution in [2.45, 2.75) is 20.8 Å². The van der Waals surface area contributed by atoms with Gasteiger partial charge < -0.3 is 9.94 Å². The van der Waals surface area contributed by atoms with E-state index in [9.17, 15) is 0 Å². The van der Waals surface area contributed by atoms with Crippen molar-refractivity contribution in [1.29, 1.82) is 0 Å². The van der Waals surface area contributed by atoms with Crippen molar-refractivity contribution in [1.82, 2.24) is 0 Å². The number of oxime groups is 1. The van der Waals surface area contributed by atoms with E-state index in [4.69, 9.17) is 9.94 Å². The van der Waals surface area contributed by atoms with Gasteiger partial charge in [-0.15, -0.1) is 0 Å². The standard InChI is InChI=1S/C11H15NO2/c1-7-5-10(9(3)12-13)6-8(2)11(7)14-4/h5-6,13H,1-4H3. The number of nitrogens with zero attached hydrogens (tertiary/aromatic N) is 1. The molecule has 0 saturated heterocycles. The van der Waals surface area contributed by atoms with E-state index in [0.29, 0.717) is 5.71 Å². The highest BCUT2D eigenvalue weighted by Gasteiger charge is 2.06. The molecule has 0 radical (unpaired) electrons. The molecule has 3 heteroatoms. The molecule has 0 amide bonds. The van der Waals surface area contributed by atoms with Gasteiger partial charge in [0.1, 0.15) is 5.75 Å². The van der Waals surface area contributed by atoms with Crippen LogP contribution < -0.4 is 4.74 Å². The maximum Gasteiger partial charge on any atom is 0.124 e. The van der Waals surface area contributed by atoms with Crippen molar-refractivity contribution in [2.75, 3.05) is 7.11 Å². The SMILES string of the molecule is COc1c(C)cc(C(C)=NO)cc1C. The Bertz CT molecular complexity index is 347. The Morgan fingerprint density at radius 1 is 1.29 bits per heavy atom. The van der Waals surface area contributed by atoms with Gasteiger partial charge in [-0.25, -0.2) is 0 Å². The van der Waals surface area contributed by atoms with E-state index in [1.807, 2.05) is 26.0 Å². The third-order valence-electron chi connectivity index (χ3n) is 2.23. The molecule has 0 fully saturated rings. The lowest BCUT2D eigenvalue weighted by molar-refractivity contribution is 0.319. The molecule has 0 saturated carbocycles. The normalized spacial score (nSPS) is 11.6.